The summed E-state index contributed by atoms with van der Waals surface area (Å²) in [6.45, 7) is 3.45. The molecule has 9 nitrogen and oxygen atoms in total. The Morgan fingerprint density at radius 2 is 1.73 bits per heavy atom. The van der Waals surface area contributed by atoms with E-state index in [0.29, 0.717) is 65.8 Å². The van der Waals surface area contributed by atoms with Crippen molar-refractivity contribution in [1.82, 2.24) is 14.3 Å². The van der Waals surface area contributed by atoms with Crippen molar-refractivity contribution < 1.29 is 19.4 Å². The number of aliphatic hydroxyl groups is 2. The molecular formula is C30H35FN6O3S. The molecule has 4 N–H and O–H groups in total. The lowest BCUT2D eigenvalue weighted by Gasteiger charge is -2.23. The Labute approximate surface area is 243 Å². The van der Waals surface area contributed by atoms with Crippen LogP contribution in [-0.2, 0) is 6.42 Å². The van der Waals surface area contributed by atoms with Crippen molar-refractivity contribution in [3.05, 3.63) is 77.9 Å². The number of carbonyl (C=O) groups is 1. The van der Waals surface area contributed by atoms with Gasteiger partial charge in [-0.3, -0.25) is 4.79 Å². The lowest BCUT2D eigenvalue weighted by molar-refractivity contribution is 0.102. The molecule has 4 aromatic rings. The van der Waals surface area contributed by atoms with Crippen LogP contribution < -0.4 is 15.5 Å². The molecule has 4 rings (SSSR count). The van der Waals surface area contributed by atoms with Crippen molar-refractivity contribution in [3.8, 4) is 11.3 Å². The fourth-order valence-electron chi connectivity index (χ4n) is 4.25. The third kappa shape index (κ3) is 8.53. The maximum Gasteiger partial charge on any atom is 0.256 e. The van der Waals surface area contributed by atoms with E-state index in [2.05, 4.69) is 31.9 Å². The first kappa shape index (κ1) is 30.0. The first-order valence-electron chi connectivity index (χ1n) is 13.7. The summed E-state index contributed by atoms with van der Waals surface area (Å²) < 4.78 is 18.6. The average molecular weight is 579 g/mol. The van der Waals surface area contributed by atoms with Gasteiger partial charge in [-0.1, -0.05) is 13.3 Å². The zero-order chi connectivity index (χ0) is 29.0. The fraction of sp³-hybridized carbons (Fsp3) is 0.333. The van der Waals surface area contributed by atoms with E-state index in [1.165, 1.54) is 23.9 Å². The third-order valence-corrected chi connectivity index (χ3v) is 7.16. The number of amides is 1. The molecule has 0 aliphatic carbocycles. The van der Waals surface area contributed by atoms with Gasteiger partial charge in [0.15, 0.2) is 0 Å². The summed E-state index contributed by atoms with van der Waals surface area (Å²) in [6.07, 6.45) is 5.24. The van der Waals surface area contributed by atoms with Gasteiger partial charge in [0.2, 0.25) is 0 Å². The van der Waals surface area contributed by atoms with E-state index in [9.17, 15) is 19.4 Å². The molecule has 0 bridgehead atoms. The highest BCUT2D eigenvalue weighted by Gasteiger charge is 2.13. The van der Waals surface area contributed by atoms with Gasteiger partial charge in [-0.05, 0) is 85.2 Å². The Bertz CT molecular complexity index is 1410. The van der Waals surface area contributed by atoms with Gasteiger partial charge in [0, 0.05) is 55.3 Å². The van der Waals surface area contributed by atoms with E-state index in [1.54, 1.807) is 36.4 Å². The van der Waals surface area contributed by atoms with Gasteiger partial charge in [-0.15, -0.1) is 0 Å². The van der Waals surface area contributed by atoms with E-state index >= 15 is 0 Å². The molecule has 0 atom stereocenters. The highest BCUT2D eigenvalue weighted by atomic mass is 32.1. The van der Waals surface area contributed by atoms with Crippen LogP contribution in [0.2, 0.25) is 0 Å². The van der Waals surface area contributed by atoms with Crippen LogP contribution in [0, 0.1) is 5.82 Å². The minimum Gasteiger partial charge on any atom is -0.396 e. The van der Waals surface area contributed by atoms with E-state index < -0.39 is 0 Å². The zero-order valence-corrected chi connectivity index (χ0v) is 23.8. The van der Waals surface area contributed by atoms with Crippen molar-refractivity contribution in [2.24, 2.45) is 0 Å². The molecule has 2 heterocycles. The number of hydrogen-bond acceptors (Lipinski definition) is 9. The van der Waals surface area contributed by atoms with Gasteiger partial charge in [-0.25, -0.2) is 14.4 Å². The summed E-state index contributed by atoms with van der Waals surface area (Å²) in [4.78, 5) is 23.5. The van der Waals surface area contributed by atoms with Crippen molar-refractivity contribution in [3.63, 3.8) is 0 Å². The zero-order valence-electron chi connectivity index (χ0n) is 23.0. The Balaban J connectivity index is 1.38. The van der Waals surface area contributed by atoms with Crippen molar-refractivity contribution >= 4 is 39.8 Å². The van der Waals surface area contributed by atoms with Gasteiger partial charge < -0.3 is 25.7 Å². The quantitative estimate of drug-likeness (QED) is 0.143. The summed E-state index contributed by atoms with van der Waals surface area (Å²) in [7, 11) is 0. The van der Waals surface area contributed by atoms with Gasteiger partial charge in [-0.2, -0.15) is 4.37 Å². The number of hydrogen-bond donors (Lipinski definition) is 4. The summed E-state index contributed by atoms with van der Waals surface area (Å²) in [5.41, 5.74) is 3.42. The Morgan fingerprint density at radius 3 is 2.44 bits per heavy atom. The molecule has 0 unspecified atom stereocenters. The maximum atomic E-state index is 14.2. The number of unbranched alkanes of at least 4 members (excludes halogenated alkanes) is 1. The standard InChI is InChI=1S/C30H35FN6O3S/c1-2-3-6-22-17-23(9-12-25(22)31)26-18-29(41-36-26)35-30(40)21-7-10-24(11-8-21)34-27-19-28(33-20-32-27)37(13-4-15-38)14-5-16-39/h7-12,17-20,38-39H,2-6,13-16H2,1H3,(H,35,40)(H,32,33,34). The lowest BCUT2D eigenvalue weighted by atomic mass is 10.0. The van der Waals surface area contributed by atoms with Gasteiger partial charge in [0.25, 0.3) is 5.91 Å². The average Bonchev–Trinajstić information content (AvgIpc) is 3.45. The first-order chi connectivity index (χ1) is 20.0. The number of aliphatic hydroxyl groups excluding tert-OH is 2. The van der Waals surface area contributed by atoms with Crippen LogP contribution in [0.25, 0.3) is 11.3 Å². The summed E-state index contributed by atoms with van der Waals surface area (Å²) >= 11 is 1.18. The molecule has 0 saturated heterocycles. The molecule has 0 fully saturated rings. The number of rotatable bonds is 15. The van der Waals surface area contributed by atoms with Crippen LogP contribution in [0.15, 0.2) is 60.9 Å². The number of nitrogens with zero attached hydrogens (tertiary/aromatic N) is 4. The van der Waals surface area contributed by atoms with E-state index in [1.807, 2.05) is 17.0 Å². The molecule has 2 aromatic heterocycles. The second-order valence-electron chi connectivity index (χ2n) is 9.55. The molecule has 216 valence electrons. The predicted octanol–water partition coefficient (Wildman–Crippen LogP) is 5.65. The molecule has 0 spiro atoms. The monoisotopic (exact) mass is 578 g/mol. The van der Waals surface area contributed by atoms with E-state index in [4.69, 9.17) is 0 Å². The van der Waals surface area contributed by atoms with Crippen LogP contribution >= 0.6 is 11.5 Å². The van der Waals surface area contributed by atoms with Crippen molar-refractivity contribution in [1.29, 1.82) is 0 Å². The second kappa shape index (κ2) is 15.2. The minimum absolute atomic E-state index is 0.0735. The van der Waals surface area contributed by atoms with Gasteiger partial charge in [0.05, 0.1) is 5.69 Å². The molecule has 0 aliphatic heterocycles. The van der Waals surface area contributed by atoms with E-state index in [-0.39, 0.29) is 24.9 Å². The summed E-state index contributed by atoms with van der Waals surface area (Å²) in [6, 6.07) is 15.6. The molecule has 0 radical (unpaired) electrons. The van der Waals surface area contributed by atoms with Gasteiger partial charge in [0.1, 0.15) is 28.8 Å². The number of benzene rings is 2. The smallest absolute Gasteiger partial charge is 0.256 e. The molecule has 11 heteroatoms. The molecule has 2 aromatic carbocycles. The third-order valence-electron chi connectivity index (χ3n) is 6.46. The second-order valence-corrected chi connectivity index (χ2v) is 10.4. The number of aryl methyl sites for hydroxylation is 1. The van der Waals surface area contributed by atoms with Crippen molar-refractivity contribution in [2.75, 3.05) is 41.8 Å². The Morgan fingerprint density at radius 1 is 0.976 bits per heavy atom. The predicted molar refractivity (Wildman–Crippen MR) is 161 cm³/mol. The summed E-state index contributed by atoms with van der Waals surface area (Å²) in [5, 5.41) is 25.1. The van der Waals surface area contributed by atoms with Crippen LogP contribution in [0.5, 0.6) is 0 Å². The Kier molecular flexibility index (Phi) is 11.1. The molecule has 0 saturated carbocycles. The van der Waals surface area contributed by atoms with Crippen LogP contribution in [0.3, 0.4) is 0 Å². The fourth-order valence-corrected chi connectivity index (χ4v) is 4.91. The molecule has 0 aliphatic rings. The van der Waals surface area contributed by atoms with Crippen LogP contribution in [0.4, 0.5) is 26.7 Å². The van der Waals surface area contributed by atoms with Crippen molar-refractivity contribution in [2.45, 2.75) is 39.0 Å². The number of carbonyl (C=O) groups excluding carboxylic acids is 1. The minimum atomic E-state index is -0.262. The lowest BCUT2D eigenvalue weighted by Crippen LogP contribution is -2.28. The molecular weight excluding hydrogens is 543 g/mol. The Hall–Kier alpha value is -3.93. The maximum absolute atomic E-state index is 14.2. The van der Waals surface area contributed by atoms with Crippen LogP contribution in [-0.4, -0.2) is 56.8 Å². The normalized spacial score (nSPS) is 10.9. The topological polar surface area (TPSA) is 124 Å². The SMILES string of the molecule is CCCCc1cc(-c2cc(NC(=O)c3ccc(Nc4cc(N(CCCO)CCCO)ncn4)cc3)sn2)ccc1F. The first-order valence-corrected chi connectivity index (χ1v) is 14.5. The number of nitrogens with one attached hydrogen (secondary N) is 2. The van der Waals surface area contributed by atoms with Crippen LogP contribution in [0.1, 0.15) is 48.5 Å². The highest BCUT2D eigenvalue weighted by Crippen LogP contribution is 2.28. The largest absolute Gasteiger partial charge is 0.396 e. The molecule has 1 amide bonds. The summed E-state index contributed by atoms with van der Waals surface area (Å²) in [5.74, 6) is 0.813. The number of halogens is 1. The van der Waals surface area contributed by atoms with Gasteiger partial charge >= 0.3 is 0 Å². The number of aromatic nitrogens is 3. The highest BCUT2D eigenvalue weighted by molar-refractivity contribution is 7.10. The number of anilines is 4. The molecule has 41 heavy (non-hydrogen) atoms. The van der Waals surface area contributed by atoms with E-state index in [0.717, 1.165) is 24.1 Å².